The molecule has 2 aromatic carbocycles. The van der Waals surface area contributed by atoms with Crippen molar-refractivity contribution in [1.29, 1.82) is 0 Å². The minimum atomic E-state index is -0.0104. The van der Waals surface area contributed by atoms with Crippen LogP contribution in [0.15, 0.2) is 65.5 Å². The van der Waals surface area contributed by atoms with Crippen molar-refractivity contribution < 1.29 is 4.74 Å². The highest BCUT2D eigenvalue weighted by atomic mass is 32.1. The summed E-state index contributed by atoms with van der Waals surface area (Å²) in [4.78, 5) is 19.5. The molecule has 0 fully saturated rings. The molecule has 0 N–H and O–H groups in total. The van der Waals surface area contributed by atoms with Crippen LogP contribution in [0.25, 0.3) is 20.7 Å². The van der Waals surface area contributed by atoms with E-state index in [9.17, 15) is 4.79 Å². The highest BCUT2D eigenvalue weighted by molar-refractivity contribution is 7.21. The molecule has 5 heteroatoms. The maximum absolute atomic E-state index is 13.0. The monoisotopic (exact) mass is 376 g/mol. The van der Waals surface area contributed by atoms with Gasteiger partial charge in [0.25, 0.3) is 5.56 Å². The maximum atomic E-state index is 13.0. The van der Waals surface area contributed by atoms with E-state index in [-0.39, 0.29) is 5.56 Å². The van der Waals surface area contributed by atoms with Crippen LogP contribution >= 0.6 is 11.3 Å². The zero-order valence-electron chi connectivity index (χ0n) is 15.3. The van der Waals surface area contributed by atoms with Crippen LogP contribution in [0, 0.1) is 13.8 Å². The van der Waals surface area contributed by atoms with Gasteiger partial charge in [0.05, 0.1) is 11.9 Å². The molecule has 136 valence electrons. The fourth-order valence-corrected chi connectivity index (χ4v) is 4.16. The lowest BCUT2D eigenvalue weighted by Gasteiger charge is -2.11. The van der Waals surface area contributed by atoms with Crippen LogP contribution in [0.5, 0.6) is 5.75 Å². The third kappa shape index (κ3) is 3.64. The Morgan fingerprint density at radius 1 is 1.04 bits per heavy atom. The Morgan fingerprint density at radius 2 is 1.85 bits per heavy atom. The molecule has 0 saturated carbocycles. The summed E-state index contributed by atoms with van der Waals surface area (Å²) in [6.07, 6.45) is 0. The first-order valence-electron chi connectivity index (χ1n) is 8.88. The molecule has 0 bridgehead atoms. The summed E-state index contributed by atoms with van der Waals surface area (Å²) in [7, 11) is 0. The second kappa shape index (κ2) is 7.37. The third-order valence-corrected chi connectivity index (χ3v) is 5.55. The Morgan fingerprint density at radius 3 is 2.63 bits per heavy atom. The Kier molecular flexibility index (Phi) is 4.77. The number of nitrogens with zero attached hydrogens (tertiary/aromatic N) is 2. The van der Waals surface area contributed by atoms with Crippen LogP contribution in [-0.2, 0) is 6.54 Å². The second-order valence-electron chi connectivity index (χ2n) is 6.48. The number of hydrogen-bond acceptors (Lipinski definition) is 4. The Hall–Kier alpha value is -2.92. The molecular formula is C22H20N2O2S. The van der Waals surface area contributed by atoms with Gasteiger partial charge in [0.15, 0.2) is 0 Å². The number of fused-ring (bicyclic) bond motifs is 1. The number of rotatable bonds is 5. The maximum Gasteiger partial charge on any atom is 0.262 e. The molecule has 2 aromatic heterocycles. The van der Waals surface area contributed by atoms with Crippen molar-refractivity contribution in [1.82, 2.24) is 9.55 Å². The van der Waals surface area contributed by atoms with Gasteiger partial charge < -0.3 is 4.74 Å². The Bertz CT molecular complexity index is 1150. The van der Waals surface area contributed by atoms with Crippen LogP contribution in [0.2, 0.25) is 0 Å². The molecule has 0 aliphatic heterocycles. The van der Waals surface area contributed by atoms with Gasteiger partial charge in [-0.25, -0.2) is 4.98 Å². The smallest absolute Gasteiger partial charge is 0.262 e. The van der Waals surface area contributed by atoms with Crippen molar-refractivity contribution in [2.45, 2.75) is 20.4 Å². The third-order valence-electron chi connectivity index (χ3n) is 4.47. The van der Waals surface area contributed by atoms with Crippen molar-refractivity contribution in [2.75, 3.05) is 6.61 Å². The number of benzene rings is 2. The molecule has 0 atom stereocenters. The summed E-state index contributed by atoms with van der Waals surface area (Å²) in [5.41, 5.74) is 2.24. The molecule has 0 radical (unpaired) electrons. The Labute approximate surface area is 161 Å². The van der Waals surface area contributed by atoms with Crippen molar-refractivity contribution >= 4 is 21.6 Å². The second-order valence-corrected chi connectivity index (χ2v) is 7.51. The van der Waals surface area contributed by atoms with Gasteiger partial charge in [-0.3, -0.25) is 9.36 Å². The predicted octanol–water partition coefficient (Wildman–Crippen LogP) is 4.82. The summed E-state index contributed by atoms with van der Waals surface area (Å²) in [5, 5.41) is 0.667. The van der Waals surface area contributed by atoms with Gasteiger partial charge in [0, 0.05) is 4.88 Å². The molecule has 0 amide bonds. The van der Waals surface area contributed by atoms with Crippen LogP contribution in [0.3, 0.4) is 0 Å². The van der Waals surface area contributed by atoms with Gasteiger partial charge in [-0.2, -0.15) is 0 Å². The van der Waals surface area contributed by atoms with E-state index in [1.165, 1.54) is 0 Å². The molecule has 4 nitrogen and oxygen atoms in total. The van der Waals surface area contributed by atoms with Crippen molar-refractivity contribution in [2.24, 2.45) is 0 Å². The lowest BCUT2D eigenvalue weighted by atomic mass is 10.2. The first-order valence-corrected chi connectivity index (χ1v) is 9.69. The summed E-state index contributed by atoms with van der Waals surface area (Å²) >= 11 is 1.55. The quantitative estimate of drug-likeness (QED) is 0.501. The molecular weight excluding hydrogens is 356 g/mol. The van der Waals surface area contributed by atoms with Crippen LogP contribution < -0.4 is 10.3 Å². The average Bonchev–Trinajstić information content (AvgIpc) is 3.09. The Balaban J connectivity index is 1.60. The van der Waals surface area contributed by atoms with E-state index < -0.39 is 0 Å². The summed E-state index contributed by atoms with van der Waals surface area (Å²) in [6, 6.07) is 19.9. The van der Waals surface area contributed by atoms with E-state index in [1.807, 2.05) is 74.5 Å². The minimum absolute atomic E-state index is 0.0104. The molecule has 0 aliphatic rings. The van der Waals surface area contributed by atoms with Gasteiger partial charge in [-0.15, -0.1) is 11.3 Å². The van der Waals surface area contributed by atoms with Crippen molar-refractivity contribution in [3.8, 4) is 16.2 Å². The van der Waals surface area contributed by atoms with Gasteiger partial charge in [-0.05, 0) is 43.2 Å². The van der Waals surface area contributed by atoms with E-state index in [2.05, 4.69) is 4.98 Å². The number of ether oxygens (including phenoxy) is 1. The molecule has 0 aliphatic carbocycles. The van der Waals surface area contributed by atoms with E-state index in [1.54, 1.807) is 15.9 Å². The zero-order valence-corrected chi connectivity index (χ0v) is 16.1. The highest BCUT2D eigenvalue weighted by Gasteiger charge is 2.13. The van der Waals surface area contributed by atoms with Gasteiger partial charge in [-0.1, -0.05) is 42.5 Å². The lowest BCUT2D eigenvalue weighted by molar-refractivity contribution is 0.294. The molecule has 2 heterocycles. The molecule has 0 saturated heterocycles. The standard InChI is InChI=1S/C22H20N2O2S/c1-15-7-6-10-18(13-15)26-12-11-24-16(2)23-21-19(22(24)25)14-20(27-21)17-8-4-3-5-9-17/h3-10,13-14H,11-12H2,1-2H3. The van der Waals surface area contributed by atoms with E-state index in [0.29, 0.717) is 24.4 Å². The van der Waals surface area contributed by atoms with Crippen molar-refractivity contribution in [3.63, 3.8) is 0 Å². The first-order chi connectivity index (χ1) is 13.1. The fraction of sp³-hybridized carbons (Fsp3) is 0.182. The molecule has 4 aromatic rings. The van der Waals surface area contributed by atoms with Crippen molar-refractivity contribution in [3.05, 3.63) is 82.4 Å². The van der Waals surface area contributed by atoms with Gasteiger partial charge in [0.1, 0.15) is 23.0 Å². The summed E-state index contributed by atoms with van der Waals surface area (Å²) in [6.45, 7) is 4.79. The highest BCUT2D eigenvalue weighted by Crippen LogP contribution is 2.30. The fourth-order valence-electron chi connectivity index (χ4n) is 3.09. The number of aromatic nitrogens is 2. The lowest BCUT2D eigenvalue weighted by Crippen LogP contribution is -2.26. The molecule has 27 heavy (non-hydrogen) atoms. The average molecular weight is 376 g/mol. The minimum Gasteiger partial charge on any atom is -0.492 e. The number of hydrogen-bond donors (Lipinski definition) is 0. The largest absolute Gasteiger partial charge is 0.492 e. The molecule has 0 spiro atoms. The van der Waals surface area contributed by atoms with Gasteiger partial charge in [0.2, 0.25) is 0 Å². The topological polar surface area (TPSA) is 44.1 Å². The van der Waals surface area contributed by atoms with E-state index >= 15 is 0 Å². The number of aryl methyl sites for hydroxylation is 2. The van der Waals surface area contributed by atoms with Crippen LogP contribution in [0.1, 0.15) is 11.4 Å². The van der Waals surface area contributed by atoms with E-state index in [0.717, 1.165) is 26.6 Å². The zero-order chi connectivity index (χ0) is 18.8. The molecule has 0 unspecified atom stereocenters. The summed E-state index contributed by atoms with van der Waals surface area (Å²) < 4.78 is 7.50. The first kappa shape index (κ1) is 17.5. The normalized spacial score (nSPS) is 11.0. The predicted molar refractivity (Wildman–Crippen MR) is 111 cm³/mol. The SMILES string of the molecule is Cc1cccc(OCCn2c(C)nc3sc(-c4ccccc4)cc3c2=O)c1. The van der Waals surface area contributed by atoms with Crippen LogP contribution in [0.4, 0.5) is 0 Å². The molecule has 4 rings (SSSR count). The van der Waals surface area contributed by atoms with Gasteiger partial charge >= 0.3 is 0 Å². The summed E-state index contributed by atoms with van der Waals surface area (Å²) in [5.74, 6) is 1.53. The van der Waals surface area contributed by atoms with E-state index in [4.69, 9.17) is 4.74 Å². The van der Waals surface area contributed by atoms with Crippen LogP contribution in [-0.4, -0.2) is 16.2 Å². The number of thiophene rings is 1.